The van der Waals surface area contributed by atoms with E-state index in [-0.39, 0.29) is 5.56 Å². The number of hydrogen-bond donors (Lipinski definition) is 1. The van der Waals surface area contributed by atoms with Crippen molar-refractivity contribution >= 4 is 33.3 Å². The number of methoxy groups -OCH3 is 1. The standard InChI is InChI=1S/C19H18N4O3S2/c1-10-11(2)28-18-16(10)17(24)20-14(21-18)9-27-19-23-22-15(26-19)8-12-4-6-13(25-3)7-5-12/h4-7H,8-9H2,1-3H3,(H,20,21,24). The van der Waals surface area contributed by atoms with E-state index in [0.717, 1.165) is 26.6 Å². The third-order valence-electron chi connectivity index (χ3n) is 4.38. The molecule has 0 bridgehead atoms. The molecule has 0 saturated carbocycles. The molecular weight excluding hydrogens is 396 g/mol. The van der Waals surface area contributed by atoms with Crippen LogP contribution in [0.3, 0.4) is 0 Å². The molecule has 0 amide bonds. The van der Waals surface area contributed by atoms with Gasteiger partial charge in [0.05, 0.1) is 24.7 Å². The first-order valence-electron chi connectivity index (χ1n) is 8.60. The highest BCUT2D eigenvalue weighted by molar-refractivity contribution is 7.98. The van der Waals surface area contributed by atoms with Gasteiger partial charge in [-0.25, -0.2) is 4.98 Å². The van der Waals surface area contributed by atoms with E-state index in [1.807, 2.05) is 38.1 Å². The van der Waals surface area contributed by atoms with Gasteiger partial charge in [0.2, 0.25) is 5.89 Å². The van der Waals surface area contributed by atoms with Crippen molar-refractivity contribution in [1.82, 2.24) is 20.2 Å². The van der Waals surface area contributed by atoms with Crippen LogP contribution in [0.5, 0.6) is 5.75 Å². The van der Waals surface area contributed by atoms with E-state index in [4.69, 9.17) is 9.15 Å². The van der Waals surface area contributed by atoms with Gasteiger partial charge in [0.15, 0.2) is 0 Å². The van der Waals surface area contributed by atoms with Crippen molar-refractivity contribution in [2.24, 2.45) is 0 Å². The van der Waals surface area contributed by atoms with E-state index in [1.165, 1.54) is 23.1 Å². The average molecular weight is 415 g/mol. The maximum atomic E-state index is 12.3. The van der Waals surface area contributed by atoms with Gasteiger partial charge >= 0.3 is 0 Å². The average Bonchev–Trinajstić information content (AvgIpc) is 3.25. The Morgan fingerprint density at radius 3 is 2.75 bits per heavy atom. The number of benzene rings is 1. The molecule has 0 fully saturated rings. The van der Waals surface area contributed by atoms with Gasteiger partial charge in [-0.2, -0.15) is 0 Å². The number of aromatic amines is 1. The molecule has 7 nitrogen and oxygen atoms in total. The van der Waals surface area contributed by atoms with Gasteiger partial charge in [-0.1, -0.05) is 23.9 Å². The highest BCUT2D eigenvalue weighted by Crippen LogP contribution is 2.27. The van der Waals surface area contributed by atoms with Crippen molar-refractivity contribution in [3.8, 4) is 5.75 Å². The Hall–Kier alpha value is -2.65. The van der Waals surface area contributed by atoms with Crippen molar-refractivity contribution in [2.75, 3.05) is 7.11 Å². The molecule has 144 valence electrons. The van der Waals surface area contributed by atoms with E-state index in [1.54, 1.807) is 7.11 Å². The van der Waals surface area contributed by atoms with E-state index in [9.17, 15) is 4.79 Å². The van der Waals surface area contributed by atoms with Crippen molar-refractivity contribution in [2.45, 2.75) is 31.2 Å². The highest BCUT2D eigenvalue weighted by Gasteiger charge is 2.13. The summed E-state index contributed by atoms with van der Waals surface area (Å²) < 4.78 is 10.9. The van der Waals surface area contributed by atoms with Crippen LogP contribution in [0, 0.1) is 13.8 Å². The summed E-state index contributed by atoms with van der Waals surface area (Å²) in [7, 11) is 1.64. The van der Waals surface area contributed by atoms with Gasteiger partial charge in [-0.05, 0) is 37.1 Å². The number of nitrogens with zero attached hydrogens (tertiary/aromatic N) is 3. The topological polar surface area (TPSA) is 93.9 Å². The Morgan fingerprint density at radius 1 is 1.21 bits per heavy atom. The summed E-state index contributed by atoms with van der Waals surface area (Å²) in [5.74, 6) is 2.39. The predicted molar refractivity (Wildman–Crippen MR) is 109 cm³/mol. The van der Waals surface area contributed by atoms with Crippen LogP contribution in [0.1, 0.15) is 27.7 Å². The fraction of sp³-hybridized carbons (Fsp3) is 0.263. The number of thiophene rings is 1. The summed E-state index contributed by atoms with van der Waals surface area (Å²) in [6.07, 6.45) is 0.548. The minimum Gasteiger partial charge on any atom is -0.497 e. The zero-order valence-corrected chi connectivity index (χ0v) is 17.2. The summed E-state index contributed by atoms with van der Waals surface area (Å²) >= 11 is 2.89. The molecule has 4 aromatic rings. The molecule has 0 atom stereocenters. The number of aryl methyl sites for hydroxylation is 2. The van der Waals surface area contributed by atoms with E-state index >= 15 is 0 Å². The molecule has 0 aliphatic heterocycles. The summed E-state index contributed by atoms with van der Waals surface area (Å²) in [6.45, 7) is 3.95. The van der Waals surface area contributed by atoms with E-state index < -0.39 is 0 Å². The maximum absolute atomic E-state index is 12.3. The van der Waals surface area contributed by atoms with Crippen LogP contribution in [0.2, 0.25) is 0 Å². The van der Waals surface area contributed by atoms with Gasteiger partial charge in [-0.3, -0.25) is 4.79 Å². The maximum Gasteiger partial charge on any atom is 0.277 e. The van der Waals surface area contributed by atoms with Gasteiger partial charge in [-0.15, -0.1) is 21.5 Å². The first-order valence-corrected chi connectivity index (χ1v) is 10.4. The molecule has 0 aliphatic carbocycles. The van der Waals surface area contributed by atoms with Gasteiger partial charge in [0, 0.05) is 4.88 Å². The molecule has 0 unspecified atom stereocenters. The lowest BCUT2D eigenvalue weighted by Crippen LogP contribution is -2.10. The molecule has 0 spiro atoms. The van der Waals surface area contributed by atoms with Crippen molar-refractivity contribution < 1.29 is 9.15 Å². The number of ether oxygens (including phenoxy) is 1. The number of H-pyrrole nitrogens is 1. The number of fused-ring (bicyclic) bond motifs is 1. The Bertz CT molecular complexity index is 1180. The molecular formula is C19H18N4O3S2. The lowest BCUT2D eigenvalue weighted by Gasteiger charge is -2.00. The fourth-order valence-corrected chi connectivity index (χ4v) is 4.48. The number of rotatable bonds is 6. The molecule has 1 N–H and O–H groups in total. The summed E-state index contributed by atoms with van der Waals surface area (Å²) in [6, 6.07) is 7.72. The number of thioether (sulfide) groups is 1. The second-order valence-corrected chi connectivity index (χ2v) is 8.38. The molecule has 9 heteroatoms. The number of aromatic nitrogens is 4. The molecule has 0 aliphatic rings. The molecule has 3 heterocycles. The number of nitrogens with one attached hydrogen (secondary N) is 1. The van der Waals surface area contributed by atoms with Crippen molar-refractivity contribution in [1.29, 1.82) is 0 Å². The van der Waals surface area contributed by atoms with Crippen LogP contribution in [0.4, 0.5) is 0 Å². The van der Waals surface area contributed by atoms with Crippen LogP contribution in [0.15, 0.2) is 38.7 Å². The third-order valence-corrected chi connectivity index (χ3v) is 6.31. The SMILES string of the molecule is COc1ccc(Cc2nnc(SCc3nc4sc(C)c(C)c4c(=O)[nH]3)o2)cc1. The van der Waals surface area contributed by atoms with Crippen LogP contribution >= 0.6 is 23.1 Å². The highest BCUT2D eigenvalue weighted by atomic mass is 32.2. The van der Waals surface area contributed by atoms with Crippen LogP contribution in [0.25, 0.3) is 10.2 Å². The minimum atomic E-state index is -0.104. The number of hydrogen-bond acceptors (Lipinski definition) is 8. The molecule has 3 aromatic heterocycles. The van der Waals surface area contributed by atoms with Gasteiger partial charge in [0.25, 0.3) is 10.8 Å². The quantitative estimate of drug-likeness (QED) is 0.479. The largest absolute Gasteiger partial charge is 0.497 e. The zero-order chi connectivity index (χ0) is 19.7. The van der Waals surface area contributed by atoms with Crippen LogP contribution in [-0.2, 0) is 12.2 Å². The second-order valence-electron chi connectivity index (χ2n) is 6.25. The smallest absolute Gasteiger partial charge is 0.277 e. The second kappa shape index (κ2) is 7.76. The predicted octanol–water partition coefficient (Wildman–Crippen LogP) is 3.88. The molecule has 28 heavy (non-hydrogen) atoms. The van der Waals surface area contributed by atoms with E-state index in [0.29, 0.717) is 34.5 Å². The monoisotopic (exact) mass is 414 g/mol. The summed E-state index contributed by atoms with van der Waals surface area (Å²) in [5, 5.41) is 9.28. The fourth-order valence-electron chi connectivity index (χ4n) is 2.78. The minimum absolute atomic E-state index is 0.104. The summed E-state index contributed by atoms with van der Waals surface area (Å²) in [5.41, 5.74) is 1.95. The van der Waals surface area contributed by atoms with Crippen LogP contribution < -0.4 is 10.3 Å². The Balaban J connectivity index is 1.44. The molecule has 0 saturated heterocycles. The lowest BCUT2D eigenvalue weighted by molar-refractivity contribution is 0.413. The van der Waals surface area contributed by atoms with Gasteiger partial charge in [0.1, 0.15) is 16.4 Å². The Kier molecular flexibility index (Phi) is 5.19. The first-order chi connectivity index (χ1) is 13.5. The molecule has 0 radical (unpaired) electrons. The first kappa shape index (κ1) is 18.7. The Morgan fingerprint density at radius 2 is 2.00 bits per heavy atom. The molecule has 4 rings (SSSR count). The third kappa shape index (κ3) is 3.81. The zero-order valence-electron chi connectivity index (χ0n) is 15.6. The Labute approximate surface area is 169 Å². The lowest BCUT2D eigenvalue weighted by atomic mass is 10.1. The van der Waals surface area contributed by atoms with E-state index in [2.05, 4.69) is 20.2 Å². The molecule has 1 aromatic carbocycles. The van der Waals surface area contributed by atoms with Crippen molar-refractivity contribution in [3.63, 3.8) is 0 Å². The summed E-state index contributed by atoms with van der Waals surface area (Å²) in [4.78, 5) is 21.6. The van der Waals surface area contributed by atoms with Gasteiger partial charge < -0.3 is 14.1 Å². The normalized spacial score (nSPS) is 11.2. The van der Waals surface area contributed by atoms with Crippen molar-refractivity contribution in [3.05, 3.63) is 62.3 Å². The van der Waals surface area contributed by atoms with Crippen LogP contribution in [-0.4, -0.2) is 27.3 Å².